The largest absolute Gasteiger partial charge is 0.494 e. The Morgan fingerprint density at radius 2 is 1.41 bits per heavy atom. The van der Waals surface area contributed by atoms with Gasteiger partial charge in [-0.05, 0) is 66.8 Å². The maximum Gasteiger partial charge on any atom is 0.332 e. The van der Waals surface area contributed by atoms with Crippen molar-refractivity contribution >= 4 is 19.2 Å². The van der Waals surface area contributed by atoms with E-state index in [0.717, 1.165) is 29.9 Å². The molecule has 2 N–H and O–H groups in total. The van der Waals surface area contributed by atoms with E-state index >= 15 is 0 Å². The van der Waals surface area contributed by atoms with Crippen LogP contribution in [0, 0.1) is 0 Å². The van der Waals surface area contributed by atoms with E-state index < -0.39 is 7.60 Å². The summed E-state index contributed by atoms with van der Waals surface area (Å²) in [5.74, 6) is 0.581. The summed E-state index contributed by atoms with van der Waals surface area (Å²) in [6.45, 7) is 6.65. The number of benzene rings is 3. The number of rotatable bonds is 18. The van der Waals surface area contributed by atoms with Crippen molar-refractivity contribution in [2.75, 3.05) is 11.9 Å². The molecule has 3 rings (SSSR count). The van der Waals surface area contributed by atoms with Gasteiger partial charge in [-0.25, -0.2) is 0 Å². The number of unbranched alkanes of at least 4 members (excludes halogenated alkanes) is 7. The SMILES string of the molecule is CCCCCCCCCCOc1ccc(-c2ccc(C(=O)Nc3ccccc3CP(=O)(O)OC(C)CC)cc2)cc1. The predicted molar refractivity (Wildman–Crippen MR) is 169 cm³/mol. The zero-order valence-electron chi connectivity index (χ0n) is 24.8. The van der Waals surface area contributed by atoms with Crippen molar-refractivity contribution in [1.82, 2.24) is 0 Å². The molecule has 0 bridgehead atoms. The van der Waals surface area contributed by atoms with E-state index in [9.17, 15) is 14.3 Å². The summed E-state index contributed by atoms with van der Waals surface area (Å²) in [6.07, 6.45) is 10.4. The minimum absolute atomic E-state index is 0.175. The number of carbonyl (C=O) groups excluding carboxylic acids is 1. The highest BCUT2D eigenvalue weighted by Crippen LogP contribution is 2.48. The molecule has 41 heavy (non-hydrogen) atoms. The van der Waals surface area contributed by atoms with Crippen molar-refractivity contribution < 1.29 is 23.5 Å². The van der Waals surface area contributed by atoms with E-state index in [1.54, 1.807) is 43.3 Å². The third kappa shape index (κ3) is 11.5. The number of para-hydroxylation sites is 1. The van der Waals surface area contributed by atoms with Gasteiger partial charge in [-0.15, -0.1) is 0 Å². The van der Waals surface area contributed by atoms with Gasteiger partial charge in [-0.1, -0.05) is 101 Å². The molecule has 3 aromatic rings. The molecule has 0 aliphatic carbocycles. The van der Waals surface area contributed by atoms with Crippen LogP contribution in [0.25, 0.3) is 11.1 Å². The number of nitrogens with one attached hydrogen (secondary N) is 1. The first-order chi connectivity index (χ1) is 19.8. The van der Waals surface area contributed by atoms with Crippen LogP contribution in [0.3, 0.4) is 0 Å². The van der Waals surface area contributed by atoms with Crippen LogP contribution in [0.5, 0.6) is 5.75 Å². The van der Waals surface area contributed by atoms with Gasteiger partial charge >= 0.3 is 7.60 Å². The summed E-state index contributed by atoms with van der Waals surface area (Å²) in [5, 5.41) is 2.88. The molecule has 0 spiro atoms. The molecule has 0 saturated carbocycles. The van der Waals surface area contributed by atoms with Crippen LogP contribution in [0.1, 0.15) is 94.5 Å². The highest BCUT2D eigenvalue weighted by molar-refractivity contribution is 7.52. The van der Waals surface area contributed by atoms with E-state index in [0.29, 0.717) is 23.2 Å². The van der Waals surface area contributed by atoms with Crippen LogP contribution in [0.15, 0.2) is 72.8 Å². The summed E-state index contributed by atoms with van der Waals surface area (Å²) in [6, 6.07) is 22.4. The number of hydrogen-bond donors (Lipinski definition) is 2. The molecule has 3 aromatic carbocycles. The number of amides is 1. The van der Waals surface area contributed by atoms with E-state index in [4.69, 9.17) is 9.26 Å². The lowest BCUT2D eigenvalue weighted by atomic mass is 10.0. The van der Waals surface area contributed by atoms with Gasteiger partial charge in [0, 0.05) is 11.3 Å². The van der Waals surface area contributed by atoms with Crippen molar-refractivity contribution in [3.63, 3.8) is 0 Å². The van der Waals surface area contributed by atoms with Gasteiger partial charge in [-0.3, -0.25) is 9.36 Å². The Morgan fingerprint density at radius 1 is 0.829 bits per heavy atom. The van der Waals surface area contributed by atoms with Crippen LogP contribution in [-0.2, 0) is 15.3 Å². The van der Waals surface area contributed by atoms with Gasteiger partial charge in [0.25, 0.3) is 5.91 Å². The summed E-state index contributed by atoms with van der Waals surface area (Å²) in [7, 11) is -3.85. The fourth-order valence-electron chi connectivity index (χ4n) is 4.57. The molecule has 0 aliphatic heterocycles. The zero-order chi connectivity index (χ0) is 29.5. The fraction of sp³-hybridized carbons (Fsp3) is 0.441. The lowest BCUT2D eigenvalue weighted by molar-refractivity contribution is 0.102. The molecule has 0 radical (unpaired) electrons. The average Bonchev–Trinajstić information content (AvgIpc) is 2.97. The highest BCUT2D eigenvalue weighted by Gasteiger charge is 2.24. The molecule has 2 atom stereocenters. The maximum atomic E-state index is 13.0. The van der Waals surface area contributed by atoms with Crippen molar-refractivity contribution in [2.24, 2.45) is 0 Å². The van der Waals surface area contributed by atoms with Crippen LogP contribution in [-0.4, -0.2) is 23.5 Å². The first-order valence-corrected chi connectivity index (χ1v) is 16.8. The maximum absolute atomic E-state index is 13.0. The molecular formula is C34H46NO5P. The van der Waals surface area contributed by atoms with Gasteiger partial charge in [-0.2, -0.15) is 0 Å². The van der Waals surface area contributed by atoms with Crippen molar-refractivity contribution in [3.05, 3.63) is 83.9 Å². The quantitative estimate of drug-likeness (QED) is 0.116. The zero-order valence-corrected chi connectivity index (χ0v) is 25.7. The first kappa shape index (κ1) is 32.6. The van der Waals surface area contributed by atoms with E-state index in [-0.39, 0.29) is 18.2 Å². The minimum Gasteiger partial charge on any atom is -0.494 e. The summed E-state index contributed by atoms with van der Waals surface area (Å²) < 4.78 is 23.8. The molecule has 0 aromatic heterocycles. The number of anilines is 1. The second kappa shape index (κ2) is 17.1. The van der Waals surface area contributed by atoms with Gasteiger partial charge in [0.1, 0.15) is 5.75 Å². The van der Waals surface area contributed by atoms with Crippen LogP contribution < -0.4 is 10.1 Å². The van der Waals surface area contributed by atoms with E-state index in [1.807, 2.05) is 43.3 Å². The minimum atomic E-state index is -3.85. The molecule has 2 unspecified atom stereocenters. The Kier molecular flexibility index (Phi) is 13.6. The Bertz CT molecular complexity index is 1240. The van der Waals surface area contributed by atoms with Crippen molar-refractivity contribution in [2.45, 2.75) is 90.8 Å². The van der Waals surface area contributed by atoms with Gasteiger partial charge in [0.2, 0.25) is 0 Å². The molecule has 0 saturated heterocycles. The van der Waals surface area contributed by atoms with E-state index in [1.165, 1.54) is 44.9 Å². The molecule has 1 amide bonds. The Balaban J connectivity index is 1.50. The Labute approximate surface area is 246 Å². The van der Waals surface area contributed by atoms with E-state index in [2.05, 4.69) is 12.2 Å². The lowest BCUT2D eigenvalue weighted by Crippen LogP contribution is -2.13. The molecule has 0 fully saturated rings. The smallest absolute Gasteiger partial charge is 0.332 e. The molecule has 6 nitrogen and oxygen atoms in total. The van der Waals surface area contributed by atoms with Gasteiger partial charge < -0.3 is 19.5 Å². The predicted octanol–water partition coefficient (Wildman–Crippen LogP) is 9.63. The van der Waals surface area contributed by atoms with Crippen LogP contribution in [0.4, 0.5) is 5.69 Å². The van der Waals surface area contributed by atoms with Gasteiger partial charge in [0.05, 0.1) is 18.9 Å². The third-order valence-electron chi connectivity index (χ3n) is 7.16. The molecule has 7 heteroatoms. The second-order valence-corrected chi connectivity index (χ2v) is 12.5. The number of hydrogen-bond acceptors (Lipinski definition) is 4. The summed E-state index contributed by atoms with van der Waals surface area (Å²) in [4.78, 5) is 23.3. The summed E-state index contributed by atoms with van der Waals surface area (Å²) >= 11 is 0. The lowest BCUT2D eigenvalue weighted by Gasteiger charge is -2.18. The topological polar surface area (TPSA) is 84.9 Å². The number of carbonyl (C=O) groups is 1. The molecule has 0 aliphatic rings. The van der Waals surface area contributed by atoms with Crippen LogP contribution in [0.2, 0.25) is 0 Å². The Morgan fingerprint density at radius 3 is 2.05 bits per heavy atom. The van der Waals surface area contributed by atoms with Crippen molar-refractivity contribution in [3.8, 4) is 16.9 Å². The van der Waals surface area contributed by atoms with Gasteiger partial charge in [0.15, 0.2) is 0 Å². The summed E-state index contributed by atoms with van der Waals surface area (Å²) in [5.41, 5.74) is 3.58. The molecule has 0 heterocycles. The molecule has 222 valence electrons. The van der Waals surface area contributed by atoms with Crippen molar-refractivity contribution in [1.29, 1.82) is 0 Å². The normalized spacial score (nSPS) is 13.4. The number of ether oxygens (including phenoxy) is 1. The Hall–Kier alpha value is -2.92. The molecular weight excluding hydrogens is 533 g/mol. The third-order valence-corrected chi connectivity index (χ3v) is 8.59. The average molecular weight is 580 g/mol. The van der Waals surface area contributed by atoms with Crippen LogP contribution >= 0.6 is 7.60 Å². The second-order valence-electron chi connectivity index (χ2n) is 10.7. The standard InChI is InChI=1S/C34H46NO5P/c1-4-6-7-8-9-10-11-14-25-39-32-23-21-29(22-24-32)28-17-19-30(20-18-28)34(36)35-33-16-13-12-15-31(33)26-41(37,38)40-27(3)5-2/h12-13,15-24,27H,4-11,14,25-26H2,1-3H3,(H,35,36)(H,37,38). The first-order valence-electron chi connectivity index (χ1n) is 15.0. The highest BCUT2D eigenvalue weighted by atomic mass is 31.2. The monoisotopic (exact) mass is 579 g/mol. The fourth-order valence-corrected chi connectivity index (χ4v) is 6.06.